The molecule has 3 aromatic rings. The van der Waals surface area contributed by atoms with Crippen molar-refractivity contribution < 1.29 is 14.0 Å². The average Bonchev–Trinajstić information content (AvgIpc) is 3.05. The van der Waals surface area contributed by atoms with E-state index in [4.69, 9.17) is 8.85 Å². The van der Waals surface area contributed by atoms with E-state index in [0.29, 0.717) is 17.3 Å². The van der Waals surface area contributed by atoms with Crippen molar-refractivity contribution in [3.05, 3.63) is 42.0 Å². The van der Waals surface area contributed by atoms with E-state index in [-0.39, 0.29) is 5.75 Å². The van der Waals surface area contributed by atoms with Crippen LogP contribution >= 0.6 is 0 Å². The van der Waals surface area contributed by atoms with Gasteiger partial charge in [-0.1, -0.05) is 19.1 Å². The molecule has 2 atom stereocenters. The van der Waals surface area contributed by atoms with Crippen LogP contribution in [0.4, 0.5) is 0 Å². The van der Waals surface area contributed by atoms with E-state index < -0.39 is 17.4 Å². The first kappa shape index (κ1) is 21.6. The predicted molar refractivity (Wildman–Crippen MR) is 125 cm³/mol. The lowest BCUT2D eigenvalue weighted by Crippen LogP contribution is -2.34. The summed E-state index contributed by atoms with van der Waals surface area (Å²) in [6.45, 7) is 11.2. The first-order valence-electron chi connectivity index (χ1n) is 10.2. The summed E-state index contributed by atoms with van der Waals surface area (Å²) in [6, 6.07) is 12.7. The van der Waals surface area contributed by atoms with Gasteiger partial charge in [0.1, 0.15) is 17.3 Å². The zero-order valence-corrected chi connectivity index (χ0v) is 20.4. The van der Waals surface area contributed by atoms with E-state index in [0.717, 1.165) is 34.8 Å². The fourth-order valence-electron chi connectivity index (χ4n) is 3.88. The smallest absolute Gasteiger partial charge is 0.170 e. The molecule has 29 heavy (non-hydrogen) atoms. The van der Waals surface area contributed by atoms with E-state index in [1.165, 1.54) is 0 Å². The number of benzene rings is 2. The molecule has 0 aliphatic rings. The molecule has 3 rings (SSSR count). The van der Waals surface area contributed by atoms with Gasteiger partial charge >= 0.3 is 0 Å². The van der Waals surface area contributed by atoms with E-state index in [9.17, 15) is 5.11 Å². The van der Waals surface area contributed by atoms with E-state index in [1.807, 2.05) is 36.4 Å². The van der Waals surface area contributed by atoms with Gasteiger partial charge in [0.2, 0.25) is 0 Å². The van der Waals surface area contributed by atoms with Crippen LogP contribution in [0.3, 0.4) is 0 Å². The van der Waals surface area contributed by atoms with Gasteiger partial charge in [-0.2, -0.15) is 0 Å². The zero-order valence-electron chi connectivity index (χ0n) is 18.2. The van der Waals surface area contributed by atoms with Crippen LogP contribution in [0.1, 0.15) is 12.5 Å². The van der Waals surface area contributed by atoms with E-state index in [1.54, 1.807) is 7.11 Å². The van der Waals surface area contributed by atoms with Crippen molar-refractivity contribution in [2.45, 2.75) is 45.6 Å². The zero-order chi connectivity index (χ0) is 21.2. The third kappa shape index (κ3) is 5.49. The average molecular weight is 429 g/mol. The Hall–Kier alpha value is -2.10. The summed E-state index contributed by atoms with van der Waals surface area (Å²) in [5.74, 6) is 2.08. The largest absolute Gasteiger partial charge is 0.507 e. The lowest BCUT2D eigenvalue weighted by Gasteiger charge is -2.25. The van der Waals surface area contributed by atoms with Gasteiger partial charge in [0.05, 0.1) is 23.7 Å². The van der Waals surface area contributed by atoms with Crippen molar-refractivity contribution in [3.63, 3.8) is 0 Å². The van der Waals surface area contributed by atoms with Crippen molar-refractivity contribution in [1.29, 1.82) is 0 Å². The Balaban J connectivity index is 1.86. The standard InChI is InChI=1S/C22H32N2O3Si2/c1-15(14-28(3)27-29(4,5)6)11-16-12-17(26-2)13-18(21(16)25)22-23-19-9-7-8-10-20(19)24-22/h7-10,12-13,15,25,28H,11,14H2,1-6H3,(H,23,24). The summed E-state index contributed by atoms with van der Waals surface area (Å²) in [7, 11) is -1.07. The predicted octanol–water partition coefficient (Wildman–Crippen LogP) is 5.33. The number of H-pyrrole nitrogens is 1. The van der Waals surface area contributed by atoms with Crippen LogP contribution in [0.15, 0.2) is 36.4 Å². The lowest BCUT2D eigenvalue weighted by atomic mass is 9.98. The molecule has 0 saturated carbocycles. The number of hydrogen-bond acceptors (Lipinski definition) is 4. The van der Waals surface area contributed by atoms with Gasteiger partial charge in [0, 0.05) is 0 Å². The molecule has 7 heteroatoms. The van der Waals surface area contributed by atoms with Crippen LogP contribution in [0.25, 0.3) is 22.4 Å². The second-order valence-electron chi connectivity index (χ2n) is 8.87. The second-order valence-corrected chi connectivity index (χ2v) is 16.1. The molecule has 5 nitrogen and oxygen atoms in total. The minimum Gasteiger partial charge on any atom is -0.507 e. The summed E-state index contributed by atoms with van der Waals surface area (Å²) < 4.78 is 11.8. The van der Waals surface area contributed by atoms with Gasteiger partial charge in [-0.3, -0.25) is 0 Å². The maximum Gasteiger partial charge on any atom is 0.170 e. The van der Waals surface area contributed by atoms with Crippen molar-refractivity contribution in [3.8, 4) is 22.9 Å². The lowest BCUT2D eigenvalue weighted by molar-refractivity contribution is 0.410. The maximum atomic E-state index is 11.0. The van der Waals surface area contributed by atoms with Crippen LogP contribution in [-0.2, 0) is 10.5 Å². The first-order chi connectivity index (χ1) is 13.7. The van der Waals surface area contributed by atoms with Crippen LogP contribution in [0.5, 0.6) is 11.5 Å². The Labute approximate surface area is 176 Å². The van der Waals surface area contributed by atoms with Crippen LogP contribution < -0.4 is 4.74 Å². The molecular formula is C22H32N2O3Si2. The molecule has 0 amide bonds. The highest BCUT2D eigenvalue weighted by Crippen LogP contribution is 2.37. The number of phenolic OH excluding ortho intramolecular Hbond substituents is 1. The van der Waals surface area contributed by atoms with Crippen LogP contribution in [0, 0.1) is 5.92 Å². The van der Waals surface area contributed by atoms with Crippen LogP contribution in [-0.4, -0.2) is 39.5 Å². The Morgan fingerprint density at radius 3 is 2.59 bits per heavy atom. The highest BCUT2D eigenvalue weighted by molar-refractivity contribution is 6.77. The molecule has 156 valence electrons. The van der Waals surface area contributed by atoms with Crippen molar-refractivity contribution in [2.75, 3.05) is 7.11 Å². The number of nitrogens with one attached hydrogen (secondary N) is 1. The maximum absolute atomic E-state index is 11.0. The summed E-state index contributed by atoms with van der Waals surface area (Å²) in [4.78, 5) is 7.96. The van der Waals surface area contributed by atoms with Gasteiger partial charge < -0.3 is 18.9 Å². The Morgan fingerprint density at radius 1 is 1.21 bits per heavy atom. The summed E-state index contributed by atoms with van der Waals surface area (Å²) >= 11 is 0. The number of nitrogens with zero attached hydrogens (tertiary/aromatic N) is 1. The van der Waals surface area contributed by atoms with Crippen molar-refractivity contribution in [2.24, 2.45) is 5.92 Å². The topological polar surface area (TPSA) is 67.4 Å². The molecule has 0 fully saturated rings. The second kappa shape index (κ2) is 8.73. The number of aromatic nitrogens is 2. The highest BCUT2D eigenvalue weighted by Gasteiger charge is 2.22. The number of phenols is 1. The first-order valence-corrected chi connectivity index (χ1v) is 16.0. The summed E-state index contributed by atoms with van der Waals surface area (Å²) in [5.41, 5.74) is 3.39. The molecule has 2 unspecified atom stereocenters. The molecular weight excluding hydrogens is 396 g/mol. The van der Waals surface area contributed by atoms with E-state index in [2.05, 4.69) is 43.1 Å². The molecule has 0 aliphatic carbocycles. The number of ether oxygens (including phenoxy) is 1. The molecule has 0 saturated heterocycles. The van der Waals surface area contributed by atoms with Gasteiger partial charge in [0.25, 0.3) is 0 Å². The quantitative estimate of drug-likeness (QED) is 0.476. The third-order valence-electron chi connectivity index (χ3n) is 4.90. The Kier molecular flexibility index (Phi) is 6.50. The fourth-order valence-corrected chi connectivity index (χ4v) is 10.4. The molecule has 2 aromatic carbocycles. The number of aromatic amines is 1. The molecule has 1 heterocycles. The molecule has 1 aromatic heterocycles. The van der Waals surface area contributed by atoms with Crippen molar-refractivity contribution >= 4 is 28.4 Å². The number of rotatable bonds is 8. The molecule has 2 N–H and O–H groups in total. The summed E-state index contributed by atoms with van der Waals surface area (Å²) in [5, 5.41) is 11.0. The van der Waals surface area contributed by atoms with Crippen molar-refractivity contribution in [1.82, 2.24) is 9.97 Å². The van der Waals surface area contributed by atoms with Gasteiger partial charge in [-0.15, -0.1) is 0 Å². The minimum atomic E-state index is -1.49. The summed E-state index contributed by atoms with van der Waals surface area (Å²) in [6.07, 6.45) is 0.780. The number of methoxy groups -OCH3 is 1. The monoisotopic (exact) mass is 428 g/mol. The van der Waals surface area contributed by atoms with Gasteiger partial charge in [-0.05, 0) is 74.4 Å². The molecule has 0 radical (unpaired) electrons. The van der Waals surface area contributed by atoms with Gasteiger partial charge in [0.15, 0.2) is 17.4 Å². The SMILES string of the molecule is COc1cc(CC(C)C[SiH](C)O[Si](C)(C)C)c(O)c(-c2nc3ccccc3[nH]2)c1. The fraction of sp³-hybridized carbons (Fsp3) is 0.409. The number of fused-ring (bicyclic) bond motifs is 1. The number of para-hydroxylation sites is 2. The van der Waals surface area contributed by atoms with Gasteiger partial charge in [-0.25, -0.2) is 4.98 Å². The number of hydrogen-bond donors (Lipinski definition) is 2. The number of imidazole rings is 1. The highest BCUT2D eigenvalue weighted by atomic mass is 28.4. The molecule has 0 bridgehead atoms. The number of aromatic hydroxyl groups is 1. The van der Waals surface area contributed by atoms with Crippen LogP contribution in [0.2, 0.25) is 32.2 Å². The third-order valence-corrected chi connectivity index (χ3v) is 10.8. The Morgan fingerprint density at radius 2 is 1.93 bits per heavy atom. The van der Waals surface area contributed by atoms with E-state index >= 15 is 0 Å². The molecule has 0 spiro atoms. The molecule has 0 aliphatic heterocycles. The minimum absolute atomic E-state index is 0.275. The Bertz CT molecular complexity index is 949. The normalized spacial score (nSPS) is 14.1.